The number of esters is 1. The molecule has 0 saturated carbocycles. The van der Waals surface area contributed by atoms with Gasteiger partial charge in [-0.15, -0.1) is 0 Å². The smallest absolute Gasteiger partial charge is 0.334 e. The molecule has 0 saturated heterocycles. The van der Waals surface area contributed by atoms with E-state index in [0.717, 1.165) is 18.8 Å². The van der Waals surface area contributed by atoms with Gasteiger partial charge in [0.1, 0.15) is 6.10 Å². The highest BCUT2D eigenvalue weighted by Gasteiger charge is 2.08. The van der Waals surface area contributed by atoms with Crippen molar-refractivity contribution in [3.8, 4) is 0 Å². The number of hydrogen-bond donors (Lipinski definition) is 1. The first-order valence-electron chi connectivity index (χ1n) is 9.38. The van der Waals surface area contributed by atoms with Gasteiger partial charge in [0.2, 0.25) is 0 Å². The molecule has 0 fully saturated rings. The largest absolute Gasteiger partial charge is 0.464 e. The van der Waals surface area contributed by atoms with E-state index >= 15 is 0 Å². The van der Waals surface area contributed by atoms with Gasteiger partial charge in [-0.25, -0.2) is 4.79 Å². The van der Waals surface area contributed by atoms with Crippen molar-refractivity contribution in [2.24, 2.45) is 5.92 Å². The Morgan fingerprint density at radius 3 is 1.59 bits per heavy atom. The number of hydrogen-bond acceptors (Lipinski definition) is 3. The number of carbonyl (C=O) groups is 1. The van der Waals surface area contributed by atoms with E-state index in [1.807, 2.05) is 0 Å². The molecule has 0 aromatic carbocycles. The summed E-state index contributed by atoms with van der Waals surface area (Å²) in [5.74, 6) is 0.351. The highest BCUT2D eigenvalue weighted by molar-refractivity contribution is 5.73. The fourth-order valence-corrected chi connectivity index (χ4v) is 2.54. The first kappa shape index (κ1) is 21.4. The average Bonchev–Trinajstić information content (AvgIpc) is 2.46. The van der Waals surface area contributed by atoms with Crippen molar-refractivity contribution in [2.45, 2.75) is 104 Å². The van der Waals surface area contributed by atoms with Crippen LogP contribution in [0.2, 0.25) is 0 Å². The Kier molecular flexibility index (Phi) is 14.9. The van der Waals surface area contributed by atoms with Crippen LogP contribution in [0.1, 0.15) is 97.8 Å². The van der Waals surface area contributed by atoms with Crippen molar-refractivity contribution >= 4 is 5.97 Å². The lowest BCUT2D eigenvalue weighted by molar-refractivity contribution is -0.152. The van der Waals surface area contributed by atoms with E-state index in [-0.39, 0.29) is 0 Å². The lowest BCUT2D eigenvalue weighted by Crippen LogP contribution is -2.19. The molecule has 0 aliphatic carbocycles. The van der Waals surface area contributed by atoms with Crippen LogP contribution < -0.4 is 0 Å². The highest BCUT2D eigenvalue weighted by Crippen LogP contribution is 2.13. The van der Waals surface area contributed by atoms with Gasteiger partial charge in [-0.2, -0.15) is 0 Å². The zero-order valence-electron chi connectivity index (χ0n) is 15.1. The Labute approximate surface area is 137 Å². The Morgan fingerprint density at radius 1 is 0.773 bits per heavy atom. The third-order valence-electron chi connectivity index (χ3n) is 4.01. The third-order valence-corrected chi connectivity index (χ3v) is 4.01. The van der Waals surface area contributed by atoms with Crippen LogP contribution in [-0.2, 0) is 9.53 Å². The van der Waals surface area contributed by atoms with Crippen molar-refractivity contribution in [1.29, 1.82) is 0 Å². The predicted molar refractivity (Wildman–Crippen MR) is 92.9 cm³/mol. The van der Waals surface area contributed by atoms with Gasteiger partial charge in [0.25, 0.3) is 0 Å². The molecule has 0 aliphatic heterocycles. The van der Waals surface area contributed by atoms with E-state index in [1.54, 1.807) is 0 Å². The maximum atomic E-state index is 11.0. The summed E-state index contributed by atoms with van der Waals surface area (Å²) in [6.45, 7) is 6.49. The lowest BCUT2D eigenvalue weighted by Gasteiger charge is -2.06. The van der Waals surface area contributed by atoms with Crippen molar-refractivity contribution in [3.05, 3.63) is 0 Å². The number of carbonyl (C=O) groups excluding carboxylic acids is 1. The maximum absolute atomic E-state index is 11.0. The van der Waals surface area contributed by atoms with Gasteiger partial charge in [0.05, 0.1) is 6.61 Å². The second kappa shape index (κ2) is 15.3. The summed E-state index contributed by atoms with van der Waals surface area (Å²) >= 11 is 0. The minimum absolute atomic E-state index is 0.445. The van der Waals surface area contributed by atoms with Crippen LogP contribution in [0.15, 0.2) is 0 Å². The topological polar surface area (TPSA) is 46.5 Å². The van der Waals surface area contributed by atoms with Crippen LogP contribution in [0, 0.1) is 5.92 Å². The second-order valence-corrected chi connectivity index (χ2v) is 6.92. The molecule has 0 aromatic rings. The molecule has 0 aliphatic rings. The molecule has 0 bridgehead atoms. The fraction of sp³-hybridized carbons (Fsp3) is 0.947. The number of aliphatic hydroxyl groups excluding tert-OH is 1. The van der Waals surface area contributed by atoms with Crippen LogP contribution >= 0.6 is 0 Å². The Hall–Kier alpha value is -0.570. The molecule has 1 atom stereocenters. The van der Waals surface area contributed by atoms with E-state index in [1.165, 1.54) is 71.1 Å². The molecule has 3 heteroatoms. The molecule has 0 rings (SSSR count). The van der Waals surface area contributed by atoms with Gasteiger partial charge in [-0.3, -0.25) is 0 Å². The van der Waals surface area contributed by atoms with Crippen LogP contribution in [0.3, 0.4) is 0 Å². The minimum atomic E-state index is -0.995. The van der Waals surface area contributed by atoms with Gasteiger partial charge < -0.3 is 9.84 Å². The van der Waals surface area contributed by atoms with Crippen molar-refractivity contribution in [1.82, 2.24) is 0 Å². The SMILES string of the molecule is CC(C)CCCCCCCCCCCCCOC(=O)C(C)O. The van der Waals surface area contributed by atoms with Crippen LogP contribution in [0.25, 0.3) is 0 Å². The van der Waals surface area contributed by atoms with Crippen LogP contribution in [0.4, 0.5) is 0 Å². The summed E-state index contributed by atoms with van der Waals surface area (Å²) in [7, 11) is 0. The molecule has 3 nitrogen and oxygen atoms in total. The van der Waals surface area contributed by atoms with Crippen molar-refractivity contribution in [2.75, 3.05) is 6.61 Å². The lowest BCUT2D eigenvalue weighted by atomic mass is 10.0. The van der Waals surface area contributed by atoms with Crippen molar-refractivity contribution in [3.63, 3.8) is 0 Å². The Bertz CT molecular complexity index is 249. The average molecular weight is 315 g/mol. The van der Waals surface area contributed by atoms with Gasteiger partial charge in [-0.05, 0) is 19.3 Å². The summed E-state index contributed by atoms with van der Waals surface area (Å²) in [4.78, 5) is 11.0. The molecule has 1 unspecified atom stereocenters. The van der Waals surface area contributed by atoms with Crippen LogP contribution in [0.5, 0.6) is 0 Å². The first-order chi connectivity index (χ1) is 10.5. The van der Waals surface area contributed by atoms with E-state index in [0.29, 0.717) is 6.61 Å². The molecular formula is C19H38O3. The van der Waals surface area contributed by atoms with E-state index < -0.39 is 12.1 Å². The van der Waals surface area contributed by atoms with Crippen LogP contribution in [-0.4, -0.2) is 23.8 Å². The standard InChI is InChI=1S/C19H38O3/c1-17(2)15-13-11-9-7-5-4-6-8-10-12-14-16-22-19(21)18(3)20/h17-18,20H,4-16H2,1-3H3. The molecule has 0 heterocycles. The summed E-state index contributed by atoms with van der Waals surface area (Å²) in [5, 5.41) is 8.96. The quantitative estimate of drug-likeness (QED) is 0.332. The van der Waals surface area contributed by atoms with Gasteiger partial charge >= 0.3 is 5.97 Å². The zero-order valence-corrected chi connectivity index (χ0v) is 15.1. The third kappa shape index (κ3) is 15.8. The summed E-state index contributed by atoms with van der Waals surface area (Å²) in [5.41, 5.74) is 0. The molecule has 0 amide bonds. The zero-order chi connectivity index (χ0) is 16.6. The number of rotatable bonds is 15. The van der Waals surface area contributed by atoms with Gasteiger partial charge in [0.15, 0.2) is 0 Å². The number of unbranched alkanes of at least 4 members (excludes halogenated alkanes) is 10. The molecule has 0 aromatic heterocycles. The fourth-order valence-electron chi connectivity index (χ4n) is 2.54. The van der Waals surface area contributed by atoms with Crippen molar-refractivity contribution < 1.29 is 14.6 Å². The van der Waals surface area contributed by atoms with E-state index in [2.05, 4.69) is 13.8 Å². The Balaban J connectivity index is 3.07. The second-order valence-electron chi connectivity index (χ2n) is 6.92. The monoisotopic (exact) mass is 314 g/mol. The predicted octanol–water partition coefficient (Wildman–Crippen LogP) is 5.25. The highest BCUT2D eigenvalue weighted by atomic mass is 16.5. The Morgan fingerprint density at radius 2 is 1.18 bits per heavy atom. The number of ether oxygens (including phenoxy) is 1. The maximum Gasteiger partial charge on any atom is 0.334 e. The first-order valence-corrected chi connectivity index (χ1v) is 9.38. The van der Waals surface area contributed by atoms with Gasteiger partial charge in [-0.1, -0.05) is 84.5 Å². The summed E-state index contributed by atoms with van der Waals surface area (Å²) < 4.78 is 4.92. The minimum Gasteiger partial charge on any atom is -0.464 e. The molecule has 0 radical (unpaired) electrons. The summed E-state index contributed by atoms with van der Waals surface area (Å²) in [6, 6.07) is 0. The molecular weight excluding hydrogens is 276 g/mol. The van der Waals surface area contributed by atoms with Gasteiger partial charge in [0, 0.05) is 0 Å². The molecule has 22 heavy (non-hydrogen) atoms. The number of aliphatic hydroxyl groups is 1. The summed E-state index contributed by atoms with van der Waals surface area (Å²) in [6.07, 6.45) is 14.6. The molecule has 1 N–H and O–H groups in total. The normalized spacial score (nSPS) is 12.6. The molecule has 0 spiro atoms. The van der Waals surface area contributed by atoms with E-state index in [9.17, 15) is 4.79 Å². The van der Waals surface area contributed by atoms with E-state index in [4.69, 9.17) is 9.84 Å². The molecule has 132 valence electrons.